The van der Waals surface area contributed by atoms with Crippen molar-refractivity contribution >= 4 is 47.2 Å². The van der Waals surface area contributed by atoms with Crippen molar-refractivity contribution in [2.24, 2.45) is 0 Å². The highest BCUT2D eigenvalue weighted by atomic mass is 35.5. The molecule has 0 aliphatic carbocycles. The van der Waals surface area contributed by atoms with Crippen LogP contribution in [0.25, 0.3) is 0 Å². The topological polar surface area (TPSA) is 70.2 Å². The lowest BCUT2D eigenvalue weighted by molar-refractivity contribution is -0.116. The van der Waals surface area contributed by atoms with Crippen molar-refractivity contribution < 1.29 is 9.59 Å². The molecule has 1 unspecified atom stereocenters. The standard InChI is InChI=1S/C19H20ClN3O2.ClH/c20-17-9-8-15(22-18(24)12-14-7-4-10-21-14)11-16(17)19(25)23-13-5-2-1-3-6-13;/h1-3,5-6,8-9,11,14,21H,4,7,10,12H2,(H,22,24)(H,23,25);1H. The van der Waals surface area contributed by atoms with E-state index in [1.807, 2.05) is 18.2 Å². The molecule has 0 saturated carbocycles. The van der Waals surface area contributed by atoms with E-state index < -0.39 is 0 Å². The predicted molar refractivity (Wildman–Crippen MR) is 107 cm³/mol. The summed E-state index contributed by atoms with van der Waals surface area (Å²) in [5.74, 6) is -0.388. The van der Waals surface area contributed by atoms with Crippen LogP contribution in [0.4, 0.5) is 11.4 Å². The van der Waals surface area contributed by atoms with Gasteiger partial charge in [0, 0.05) is 23.8 Å². The number of rotatable bonds is 5. The first-order valence-corrected chi connectivity index (χ1v) is 8.69. The molecule has 3 rings (SSSR count). The Labute approximate surface area is 163 Å². The highest BCUT2D eigenvalue weighted by Gasteiger charge is 2.18. The lowest BCUT2D eigenvalue weighted by Crippen LogP contribution is -2.27. The van der Waals surface area contributed by atoms with Gasteiger partial charge in [-0.25, -0.2) is 0 Å². The van der Waals surface area contributed by atoms with Gasteiger partial charge in [-0.2, -0.15) is 0 Å². The first-order valence-electron chi connectivity index (χ1n) is 8.31. The van der Waals surface area contributed by atoms with Crippen LogP contribution in [-0.4, -0.2) is 24.4 Å². The Morgan fingerprint density at radius 3 is 2.54 bits per heavy atom. The van der Waals surface area contributed by atoms with Crippen molar-refractivity contribution in [3.63, 3.8) is 0 Å². The van der Waals surface area contributed by atoms with Gasteiger partial charge in [0.05, 0.1) is 10.6 Å². The number of nitrogens with one attached hydrogen (secondary N) is 3. The zero-order chi connectivity index (χ0) is 17.6. The largest absolute Gasteiger partial charge is 0.326 e. The van der Waals surface area contributed by atoms with Crippen LogP contribution in [0.15, 0.2) is 48.5 Å². The third kappa shape index (κ3) is 5.46. The van der Waals surface area contributed by atoms with Crippen LogP contribution >= 0.6 is 24.0 Å². The van der Waals surface area contributed by atoms with Crippen molar-refractivity contribution in [1.82, 2.24) is 5.32 Å². The van der Waals surface area contributed by atoms with Gasteiger partial charge >= 0.3 is 0 Å². The van der Waals surface area contributed by atoms with Crippen molar-refractivity contribution in [3.8, 4) is 0 Å². The van der Waals surface area contributed by atoms with Crippen LogP contribution in [0.1, 0.15) is 29.6 Å². The minimum Gasteiger partial charge on any atom is -0.326 e. The second-order valence-electron chi connectivity index (χ2n) is 6.06. The quantitative estimate of drug-likeness (QED) is 0.715. The van der Waals surface area contributed by atoms with Crippen LogP contribution in [0.5, 0.6) is 0 Å². The van der Waals surface area contributed by atoms with Crippen molar-refractivity contribution in [3.05, 3.63) is 59.1 Å². The van der Waals surface area contributed by atoms with E-state index in [-0.39, 0.29) is 30.3 Å². The maximum Gasteiger partial charge on any atom is 0.257 e. The summed E-state index contributed by atoms with van der Waals surface area (Å²) in [6.45, 7) is 0.961. The molecule has 1 aliphatic rings. The molecule has 1 aliphatic heterocycles. The molecule has 1 heterocycles. The van der Waals surface area contributed by atoms with Crippen molar-refractivity contribution in [2.45, 2.75) is 25.3 Å². The summed E-state index contributed by atoms with van der Waals surface area (Å²) in [5.41, 5.74) is 1.57. The average molecular weight is 394 g/mol. The Balaban J connectivity index is 0.00000243. The first kappa shape index (κ1) is 20.2. The first-order chi connectivity index (χ1) is 12.1. The summed E-state index contributed by atoms with van der Waals surface area (Å²) in [5, 5.41) is 9.26. The zero-order valence-electron chi connectivity index (χ0n) is 14.1. The maximum atomic E-state index is 12.4. The lowest BCUT2D eigenvalue weighted by atomic mass is 10.1. The van der Waals surface area contributed by atoms with Gasteiger partial charge in [0.2, 0.25) is 5.91 Å². The van der Waals surface area contributed by atoms with E-state index in [1.54, 1.807) is 30.3 Å². The number of anilines is 2. The molecule has 138 valence electrons. The van der Waals surface area contributed by atoms with Gasteiger partial charge in [0.25, 0.3) is 5.91 Å². The second kappa shape index (κ2) is 9.57. The van der Waals surface area contributed by atoms with Gasteiger partial charge < -0.3 is 16.0 Å². The van der Waals surface area contributed by atoms with Crippen LogP contribution < -0.4 is 16.0 Å². The molecule has 5 nitrogen and oxygen atoms in total. The highest BCUT2D eigenvalue weighted by molar-refractivity contribution is 6.34. The smallest absolute Gasteiger partial charge is 0.257 e. The van der Waals surface area contributed by atoms with Gasteiger partial charge in [-0.05, 0) is 49.7 Å². The van der Waals surface area contributed by atoms with Crippen LogP contribution in [-0.2, 0) is 4.79 Å². The Bertz CT molecular complexity index is 763. The minimum absolute atomic E-state index is 0. The molecule has 2 aromatic rings. The van der Waals surface area contributed by atoms with E-state index in [4.69, 9.17) is 11.6 Å². The number of carbonyl (C=O) groups is 2. The summed E-state index contributed by atoms with van der Waals surface area (Å²) in [7, 11) is 0. The van der Waals surface area contributed by atoms with E-state index in [2.05, 4.69) is 16.0 Å². The Morgan fingerprint density at radius 1 is 1.08 bits per heavy atom. The molecule has 1 saturated heterocycles. The number of hydrogen-bond acceptors (Lipinski definition) is 3. The number of benzene rings is 2. The van der Waals surface area contributed by atoms with Crippen LogP contribution in [0.3, 0.4) is 0 Å². The minimum atomic E-state index is -0.315. The molecule has 26 heavy (non-hydrogen) atoms. The Hall–Kier alpha value is -2.08. The fourth-order valence-corrected chi connectivity index (χ4v) is 3.07. The number of amides is 2. The van der Waals surface area contributed by atoms with Gasteiger partial charge in [-0.15, -0.1) is 12.4 Å². The summed E-state index contributed by atoms with van der Waals surface area (Å²) in [4.78, 5) is 24.6. The second-order valence-corrected chi connectivity index (χ2v) is 6.47. The molecule has 7 heteroatoms. The molecular formula is C19H21Cl2N3O2. The third-order valence-corrected chi connectivity index (χ3v) is 4.45. The van der Waals surface area contributed by atoms with Crippen LogP contribution in [0.2, 0.25) is 5.02 Å². The molecule has 0 spiro atoms. The molecule has 1 atom stereocenters. The highest BCUT2D eigenvalue weighted by Crippen LogP contribution is 2.22. The number of para-hydroxylation sites is 1. The normalized spacial score (nSPS) is 15.8. The maximum absolute atomic E-state index is 12.4. The molecule has 1 fully saturated rings. The molecule has 0 aromatic heterocycles. The van der Waals surface area contributed by atoms with E-state index in [9.17, 15) is 9.59 Å². The summed E-state index contributed by atoms with van der Waals surface area (Å²) in [6, 6.07) is 14.3. The van der Waals surface area contributed by atoms with E-state index in [0.717, 1.165) is 19.4 Å². The predicted octanol–water partition coefficient (Wildman–Crippen LogP) is 4.09. The summed E-state index contributed by atoms with van der Waals surface area (Å²) < 4.78 is 0. The Morgan fingerprint density at radius 2 is 1.85 bits per heavy atom. The molecular weight excluding hydrogens is 373 g/mol. The number of carbonyl (C=O) groups excluding carboxylic acids is 2. The monoisotopic (exact) mass is 393 g/mol. The molecule has 2 aromatic carbocycles. The SMILES string of the molecule is Cl.O=C(CC1CCCN1)Nc1ccc(Cl)c(C(=O)Nc2ccccc2)c1. The van der Waals surface area contributed by atoms with Crippen LogP contribution in [0, 0.1) is 0 Å². The number of hydrogen-bond donors (Lipinski definition) is 3. The lowest BCUT2D eigenvalue weighted by Gasteiger charge is -2.12. The van der Waals surface area contributed by atoms with E-state index in [0.29, 0.717) is 28.4 Å². The summed E-state index contributed by atoms with van der Waals surface area (Å²) in [6.07, 6.45) is 2.54. The zero-order valence-corrected chi connectivity index (χ0v) is 15.7. The van der Waals surface area contributed by atoms with E-state index >= 15 is 0 Å². The van der Waals surface area contributed by atoms with Gasteiger partial charge in [-0.3, -0.25) is 9.59 Å². The fraction of sp³-hybridized carbons (Fsp3) is 0.263. The fourth-order valence-electron chi connectivity index (χ4n) is 2.86. The molecule has 2 amide bonds. The number of halogens is 2. The third-order valence-electron chi connectivity index (χ3n) is 4.12. The van der Waals surface area contributed by atoms with Crippen molar-refractivity contribution in [1.29, 1.82) is 0 Å². The summed E-state index contributed by atoms with van der Waals surface area (Å²) >= 11 is 6.15. The van der Waals surface area contributed by atoms with Crippen molar-refractivity contribution in [2.75, 3.05) is 17.2 Å². The van der Waals surface area contributed by atoms with Gasteiger partial charge in [0.15, 0.2) is 0 Å². The average Bonchev–Trinajstić information content (AvgIpc) is 3.10. The van der Waals surface area contributed by atoms with E-state index in [1.165, 1.54) is 0 Å². The molecule has 0 radical (unpaired) electrons. The van der Waals surface area contributed by atoms with Gasteiger partial charge in [-0.1, -0.05) is 29.8 Å². The molecule has 3 N–H and O–H groups in total. The van der Waals surface area contributed by atoms with Gasteiger partial charge in [0.1, 0.15) is 0 Å². The molecule has 0 bridgehead atoms. The Kier molecular flexibility index (Phi) is 7.45.